The van der Waals surface area contributed by atoms with Crippen molar-refractivity contribution in [2.75, 3.05) is 31.7 Å². The largest absolute Gasteiger partial charge is 0.493 e. The molecular weight excluding hydrogens is 358 g/mol. The van der Waals surface area contributed by atoms with Gasteiger partial charge in [-0.15, -0.1) is 0 Å². The molecule has 2 aromatic rings. The molecule has 148 valence electrons. The third-order valence-corrected chi connectivity index (χ3v) is 5.73. The molecule has 1 N–H and O–H groups in total. The monoisotopic (exact) mass is 383 g/mol. The number of carboxylic acid groups (broad SMARTS) is 1. The van der Waals surface area contributed by atoms with Crippen molar-refractivity contribution in [3.05, 3.63) is 41.3 Å². The van der Waals surface area contributed by atoms with Crippen LogP contribution < -0.4 is 14.4 Å². The number of hydrogen-bond donors (Lipinski definition) is 1. The molecule has 2 aliphatic heterocycles. The van der Waals surface area contributed by atoms with Crippen LogP contribution in [0.15, 0.2) is 24.3 Å². The van der Waals surface area contributed by atoms with Crippen LogP contribution in [0.5, 0.6) is 11.5 Å². The molecule has 4 rings (SSSR count). The fourth-order valence-corrected chi connectivity index (χ4v) is 4.34. The minimum Gasteiger partial charge on any atom is -0.493 e. The highest BCUT2D eigenvalue weighted by Gasteiger charge is 2.57. The normalized spacial score (nSPS) is 23.0. The molecule has 1 saturated heterocycles. The minimum absolute atomic E-state index is 0.114. The van der Waals surface area contributed by atoms with Crippen LogP contribution in [0.2, 0.25) is 0 Å². The van der Waals surface area contributed by atoms with E-state index in [2.05, 4.69) is 16.8 Å². The van der Waals surface area contributed by atoms with Gasteiger partial charge in [-0.3, -0.25) is 4.79 Å². The second-order valence-corrected chi connectivity index (χ2v) is 7.60. The quantitative estimate of drug-likeness (QED) is 0.850. The molecular formula is C21H25N3O4. The van der Waals surface area contributed by atoms with Gasteiger partial charge in [0.05, 0.1) is 7.11 Å². The number of aliphatic carboxylic acids is 1. The maximum Gasteiger partial charge on any atom is 0.315 e. The van der Waals surface area contributed by atoms with Gasteiger partial charge in [-0.2, -0.15) is 0 Å². The Bertz CT molecular complexity index is 917. The first-order valence-corrected chi connectivity index (χ1v) is 9.61. The zero-order valence-corrected chi connectivity index (χ0v) is 16.4. The van der Waals surface area contributed by atoms with Crippen LogP contribution >= 0.6 is 0 Å². The Labute approximate surface area is 164 Å². The lowest BCUT2D eigenvalue weighted by molar-refractivity contribution is -0.151. The number of benzene rings is 1. The molecule has 7 heteroatoms. The van der Waals surface area contributed by atoms with Gasteiger partial charge < -0.3 is 19.5 Å². The third-order valence-electron chi connectivity index (χ3n) is 5.73. The number of methoxy groups -OCH3 is 1. The summed E-state index contributed by atoms with van der Waals surface area (Å²) in [5, 5.41) is 10.1. The van der Waals surface area contributed by atoms with E-state index in [0.717, 1.165) is 35.7 Å². The third kappa shape index (κ3) is 2.85. The van der Waals surface area contributed by atoms with E-state index in [-0.39, 0.29) is 12.5 Å². The number of fused-ring (bicyclic) bond motifs is 3. The van der Waals surface area contributed by atoms with Crippen molar-refractivity contribution in [1.29, 1.82) is 0 Å². The number of aromatic nitrogens is 2. The molecule has 0 radical (unpaired) electrons. The van der Waals surface area contributed by atoms with Crippen LogP contribution in [-0.4, -0.2) is 47.8 Å². The summed E-state index contributed by atoms with van der Waals surface area (Å²) in [6.07, 6.45) is 1.77. The van der Waals surface area contributed by atoms with E-state index >= 15 is 0 Å². The van der Waals surface area contributed by atoms with Crippen LogP contribution in [0, 0.1) is 12.3 Å². The van der Waals surface area contributed by atoms with E-state index in [1.54, 1.807) is 7.11 Å². The van der Waals surface area contributed by atoms with E-state index in [1.807, 2.05) is 31.2 Å². The maximum atomic E-state index is 12.4. The average Bonchev–Trinajstić information content (AvgIpc) is 3.09. The van der Waals surface area contributed by atoms with Crippen LogP contribution in [0.4, 0.5) is 5.82 Å². The Kier molecular flexibility index (Phi) is 4.61. The molecule has 2 atom stereocenters. The standard InChI is InChI=1S/C21H25N3O4/c1-4-6-17-22-13(2)9-18(23-17)24-10-15-14-7-5-8-16(27-3)19(14)28-12-21(15,11-24)20(25)26/h5,7-9,15H,4,6,10-12H2,1-3H3,(H,25,26)/t15-,21-/m0/s1. The van der Waals surface area contributed by atoms with Gasteiger partial charge in [-0.1, -0.05) is 19.1 Å². The Balaban J connectivity index is 1.75. The number of ether oxygens (including phenoxy) is 2. The van der Waals surface area contributed by atoms with Gasteiger partial charge in [0.25, 0.3) is 0 Å². The summed E-state index contributed by atoms with van der Waals surface area (Å²) >= 11 is 0. The Morgan fingerprint density at radius 1 is 1.43 bits per heavy atom. The van der Waals surface area contributed by atoms with Crippen molar-refractivity contribution in [3.8, 4) is 11.5 Å². The summed E-state index contributed by atoms with van der Waals surface area (Å²) in [7, 11) is 1.60. The van der Waals surface area contributed by atoms with E-state index in [4.69, 9.17) is 14.5 Å². The fourth-order valence-electron chi connectivity index (χ4n) is 4.34. The summed E-state index contributed by atoms with van der Waals surface area (Å²) in [5.74, 6) is 1.84. The van der Waals surface area contributed by atoms with Crippen LogP contribution in [-0.2, 0) is 11.2 Å². The second kappa shape index (κ2) is 6.96. The summed E-state index contributed by atoms with van der Waals surface area (Å²) < 4.78 is 11.3. The van der Waals surface area contributed by atoms with Crippen molar-refractivity contribution in [1.82, 2.24) is 9.97 Å². The minimum atomic E-state index is -1.01. The molecule has 28 heavy (non-hydrogen) atoms. The lowest BCUT2D eigenvalue weighted by Gasteiger charge is -2.36. The average molecular weight is 383 g/mol. The zero-order valence-electron chi connectivity index (χ0n) is 16.4. The fraction of sp³-hybridized carbons (Fsp3) is 0.476. The Morgan fingerprint density at radius 2 is 2.25 bits per heavy atom. The van der Waals surface area contributed by atoms with Gasteiger partial charge in [0.15, 0.2) is 11.5 Å². The molecule has 0 saturated carbocycles. The molecule has 0 aliphatic carbocycles. The molecule has 0 spiro atoms. The first kappa shape index (κ1) is 18.5. The highest BCUT2D eigenvalue weighted by Crippen LogP contribution is 2.52. The number of anilines is 1. The number of carbonyl (C=O) groups is 1. The van der Waals surface area contributed by atoms with E-state index in [1.165, 1.54) is 0 Å². The van der Waals surface area contributed by atoms with E-state index in [0.29, 0.717) is 24.6 Å². The number of carboxylic acids is 1. The van der Waals surface area contributed by atoms with Crippen molar-refractivity contribution in [3.63, 3.8) is 0 Å². The predicted molar refractivity (Wildman–Crippen MR) is 104 cm³/mol. The maximum absolute atomic E-state index is 12.4. The van der Waals surface area contributed by atoms with Crippen molar-refractivity contribution >= 4 is 11.8 Å². The topological polar surface area (TPSA) is 84.8 Å². The lowest BCUT2D eigenvalue weighted by Crippen LogP contribution is -2.45. The SMILES string of the molecule is CCCc1nc(C)cc(N2C[C@H]3c4cccc(OC)c4OC[C@@]3(C(=O)O)C2)n1. The van der Waals surface area contributed by atoms with Gasteiger partial charge in [-0.25, -0.2) is 9.97 Å². The van der Waals surface area contributed by atoms with Gasteiger partial charge in [-0.05, 0) is 19.4 Å². The first-order valence-electron chi connectivity index (χ1n) is 9.61. The van der Waals surface area contributed by atoms with Crippen molar-refractivity contribution in [2.24, 2.45) is 5.41 Å². The number of nitrogens with zero attached hydrogens (tertiary/aromatic N) is 3. The number of rotatable bonds is 5. The molecule has 3 heterocycles. The molecule has 0 bridgehead atoms. The lowest BCUT2D eigenvalue weighted by atomic mass is 9.73. The zero-order chi connectivity index (χ0) is 19.9. The second-order valence-electron chi connectivity index (χ2n) is 7.60. The van der Waals surface area contributed by atoms with Crippen LogP contribution in [0.1, 0.15) is 36.3 Å². The molecule has 7 nitrogen and oxygen atoms in total. The smallest absolute Gasteiger partial charge is 0.315 e. The Morgan fingerprint density at radius 3 is 2.96 bits per heavy atom. The van der Waals surface area contributed by atoms with Crippen molar-refractivity contribution < 1.29 is 19.4 Å². The Hall–Kier alpha value is -2.83. The summed E-state index contributed by atoms with van der Waals surface area (Å²) in [5.41, 5.74) is 0.768. The molecule has 1 aromatic heterocycles. The number of hydrogen-bond acceptors (Lipinski definition) is 6. The highest BCUT2D eigenvalue weighted by molar-refractivity contribution is 5.80. The van der Waals surface area contributed by atoms with Crippen LogP contribution in [0.3, 0.4) is 0 Å². The molecule has 1 aromatic carbocycles. The highest BCUT2D eigenvalue weighted by atomic mass is 16.5. The first-order chi connectivity index (χ1) is 13.5. The van der Waals surface area contributed by atoms with Gasteiger partial charge in [0.1, 0.15) is 23.7 Å². The van der Waals surface area contributed by atoms with Gasteiger partial charge in [0.2, 0.25) is 0 Å². The predicted octanol–water partition coefficient (Wildman–Crippen LogP) is 2.81. The van der Waals surface area contributed by atoms with Crippen molar-refractivity contribution in [2.45, 2.75) is 32.6 Å². The van der Waals surface area contributed by atoms with Gasteiger partial charge in [0, 0.05) is 42.8 Å². The van der Waals surface area contributed by atoms with E-state index < -0.39 is 11.4 Å². The summed E-state index contributed by atoms with van der Waals surface area (Å²) in [4.78, 5) is 23.6. The summed E-state index contributed by atoms with van der Waals surface area (Å²) in [6.45, 7) is 5.08. The molecule has 2 aliphatic rings. The number of aryl methyl sites for hydroxylation is 2. The van der Waals surface area contributed by atoms with E-state index in [9.17, 15) is 9.90 Å². The van der Waals surface area contributed by atoms with Crippen LogP contribution in [0.25, 0.3) is 0 Å². The summed E-state index contributed by atoms with van der Waals surface area (Å²) in [6, 6.07) is 7.59. The van der Waals surface area contributed by atoms with Gasteiger partial charge >= 0.3 is 5.97 Å². The molecule has 0 unspecified atom stereocenters. The molecule has 0 amide bonds. The molecule has 1 fully saturated rings. The number of para-hydroxylation sites is 1.